The zero-order chi connectivity index (χ0) is 19.6. The van der Waals surface area contributed by atoms with E-state index in [2.05, 4.69) is 0 Å². The molecule has 9 heteroatoms. The largest absolute Gasteiger partial charge is 0.476 e. The average molecular weight is 396 g/mol. The van der Waals surface area contributed by atoms with Crippen molar-refractivity contribution in [3.05, 3.63) is 24.3 Å². The van der Waals surface area contributed by atoms with E-state index >= 15 is 0 Å². The second-order valence-corrected chi connectivity index (χ2v) is 8.81. The molecular formula is C18H24N2O6S. The van der Waals surface area contributed by atoms with Crippen molar-refractivity contribution in [2.24, 2.45) is 5.92 Å². The number of nitrogens with zero attached hydrogens (tertiary/aromatic N) is 2. The van der Waals surface area contributed by atoms with E-state index in [0.29, 0.717) is 37.4 Å². The number of sulfonamides is 1. The Labute approximate surface area is 159 Å². The Morgan fingerprint density at radius 2 is 1.89 bits per heavy atom. The van der Waals surface area contributed by atoms with Gasteiger partial charge in [0.1, 0.15) is 5.75 Å². The number of rotatable bonds is 4. The van der Waals surface area contributed by atoms with Gasteiger partial charge < -0.3 is 14.4 Å². The quantitative estimate of drug-likeness (QED) is 0.706. The summed E-state index contributed by atoms with van der Waals surface area (Å²) >= 11 is 0. The minimum Gasteiger partial charge on any atom is -0.476 e. The maximum Gasteiger partial charge on any atom is 0.308 e. The molecule has 148 valence electrons. The van der Waals surface area contributed by atoms with Crippen molar-refractivity contribution >= 4 is 27.6 Å². The van der Waals surface area contributed by atoms with Gasteiger partial charge >= 0.3 is 5.97 Å². The molecule has 1 amide bonds. The first-order chi connectivity index (χ1) is 12.9. The van der Waals surface area contributed by atoms with E-state index in [4.69, 9.17) is 9.47 Å². The van der Waals surface area contributed by atoms with Gasteiger partial charge in [-0.15, -0.1) is 0 Å². The molecule has 3 rings (SSSR count). The van der Waals surface area contributed by atoms with E-state index in [0.717, 1.165) is 0 Å². The Morgan fingerprint density at radius 1 is 1.22 bits per heavy atom. The van der Waals surface area contributed by atoms with E-state index in [-0.39, 0.29) is 30.1 Å². The van der Waals surface area contributed by atoms with Crippen molar-refractivity contribution in [2.45, 2.75) is 25.9 Å². The van der Waals surface area contributed by atoms with Crippen LogP contribution in [-0.4, -0.2) is 63.8 Å². The number of piperidine rings is 1. The summed E-state index contributed by atoms with van der Waals surface area (Å²) in [6.45, 7) is 2.35. The Bertz CT molecular complexity index is 817. The molecule has 27 heavy (non-hydrogen) atoms. The lowest BCUT2D eigenvalue weighted by Crippen LogP contribution is -2.53. The number of methoxy groups -OCH3 is 1. The molecule has 1 aromatic rings. The summed E-state index contributed by atoms with van der Waals surface area (Å²) in [6, 6.07) is 6.81. The second kappa shape index (κ2) is 7.75. The number of amides is 1. The molecule has 1 saturated heterocycles. The van der Waals surface area contributed by atoms with Gasteiger partial charge in [0, 0.05) is 13.1 Å². The fourth-order valence-electron chi connectivity index (χ4n) is 3.46. The first-order valence-electron chi connectivity index (χ1n) is 9.00. The van der Waals surface area contributed by atoms with Gasteiger partial charge in [0.25, 0.3) is 5.91 Å². The number of para-hydroxylation sites is 2. The van der Waals surface area contributed by atoms with Gasteiger partial charge in [-0.05, 0) is 31.9 Å². The number of carbonyl (C=O) groups is 2. The van der Waals surface area contributed by atoms with Crippen LogP contribution >= 0.6 is 0 Å². The van der Waals surface area contributed by atoms with Crippen molar-refractivity contribution in [3.63, 3.8) is 0 Å². The molecule has 0 aliphatic carbocycles. The Morgan fingerprint density at radius 3 is 2.52 bits per heavy atom. The minimum atomic E-state index is -3.53. The van der Waals surface area contributed by atoms with E-state index in [1.807, 2.05) is 0 Å². The molecule has 2 heterocycles. The molecule has 0 bridgehead atoms. The molecule has 0 aromatic heterocycles. The third-order valence-corrected chi connectivity index (χ3v) is 6.80. The zero-order valence-electron chi connectivity index (χ0n) is 15.5. The normalized spacial score (nSPS) is 20.6. The topological polar surface area (TPSA) is 93.2 Å². The molecule has 0 spiro atoms. The highest BCUT2D eigenvalue weighted by atomic mass is 32.2. The van der Waals surface area contributed by atoms with Crippen LogP contribution in [0.3, 0.4) is 0 Å². The van der Waals surface area contributed by atoms with E-state index < -0.39 is 16.1 Å². The summed E-state index contributed by atoms with van der Waals surface area (Å²) < 4.78 is 36.9. The molecule has 2 aliphatic rings. The molecule has 2 aliphatic heterocycles. The lowest BCUT2D eigenvalue weighted by atomic mass is 9.96. The van der Waals surface area contributed by atoms with Crippen LogP contribution in [0.4, 0.5) is 5.69 Å². The van der Waals surface area contributed by atoms with Crippen LogP contribution in [0.2, 0.25) is 0 Å². The van der Waals surface area contributed by atoms with E-state index in [1.54, 1.807) is 36.1 Å². The van der Waals surface area contributed by atoms with E-state index in [9.17, 15) is 18.0 Å². The fraction of sp³-hybridized carbons (Fsp3) is 0.556. The van der Waals surface area contributed by atoms with Gasteiger partial charge in [-0.2, -0.15) is 0 Å². The molecule has 0 radical (unpaired) electrons. The van der Waals surface area contributed by atoms with Crippen LogP contribution in [0.1, 0.15) is 19.8 Å². The number of hydrogen-bond donors (Lipinski definition) is 0. The highest BCUT2D eigenvalue weighted by Gasteiger charge is 2.39. The predicted molar refractivity (Wildman–Crippen MR) is 99.0 cm³/mol. The van der Waals surface area contributed by atoms with Crippen molar-refractivity contribution in [1.29, 1.82) is 0 Å². The van der Waals surface area contributed by atoms with Gasteiger partial charge in [-0.25, -0.2) is 8.42 Å². The summed E-state index contributed by atoms with van der Waals surface area (Å²) in [4.78, 5) is 26.2. The van der Waals surface area contributed by atoms with Crippen LogP contribution < -0.4 is 9.04 Å². The zero-order valence-corrected chi connectivity index (χ0v) is 16.3. The molecular weight excluding hydrogens is 372 g/mol. The Hall–Kier alpha value is -2.29. The number of anilines is 1. The van der Waals surface area contributed by atoms with E-state index in [1.165, 1.54) is 11.4 Å². The first-order valence-corrected chi connectivity index (χ1v) is 10.6. The Kier molecular flexibility index (Phi) is 5.59. The van der Waals surface area contributed by atoms with Crippen LogP contribution in [0.15, 0.2) is 24.3 Å². The van der Waals surface area contributed by atoms with Crippen LogP contribution in [0, 0.1) is 5.92 Å². The molecule has 1 aromatic carbocycles. The van der Waals surface area contributed by atoms with Crippen molar-refractivity contribution < 1.29 is 27.5 Å². The third kappa shape index (κ3) is 3.87. The summed E-state index contributed by atoms with van der Waals surface area (Å²) in [5.74, 6) is -0.408. The number of carbonyl (C=O) groups excluding carboxylic acids is 2. The summed E-state index contributed by atoms with van der Waals surface area (Å²) in [6.07, 6.45) is 0.146. The van der Waals surface area contributed by atoms with Gasteiger partial charge in [0.05, 0.1) is 31.0 Å². The molecule has 8 nitrogen and oxygen atoms in total. The van der Waals surface area contributed by atoms with Gasteiger partial charge in [-0.1, -0.05) is 12.1 Å². The fourth-order valence-corrected chi connectivity index (χ4v) is 4.58. The maximum absolute atomic E-state index is 12.9. The summed E-state index contributed by atoms with van der Waals surface area (Å²) in [5, 5.41) is 0. The Balaban J connectivity index is 1.76. The number of hydrogen-bond acceptors (Lipinski definition) is 6. The number of fused-ring (bicyclic) bond motifs is 1. The molecule has 0 saturated carbocycles. The molecule has 1 atom stereocenters. The highest BCUT2D eigenvalue weighted by molar-refractivity contribution is 7.92. The van der Waals surface area contributed by atoms with Crippen LogP contribution in [0.5, 0.6) is 5.75 Å². The smallest absolute Gasteiger partial charge is 0.308 e. The number of likely N-dealkylation sites (tertiary alicyclic amines) is 1. The summed E-state index contributed by atoms with van der Waals surface area (Å²) in [5.41, 5.74) is 0.452. The van der Waals surface area contributed by atoms with Crippen molar-refractivity contribution in [1.82, 2.24) is 4.90 Å². The predicted octanol–water partition coefficient (Wildman–Crippen LogP) is 1.02. The molecule has 1 fully saturated rings. The third-order valence-electron chi connectivity index (χ3n) is 5.05. The molecule has 0 N–H and O–H groups in total. The number of ether oxygens (including phenoxy) is 2. The molecule has 0 unspecified atom stereocenters. The lowest BCUT2D eigenvalue weighted by Gasteiger charge is -2.38. The highest BCUT2D eigenvalue weighted by Crippen LogP contribution is 2.35. The van der Waals surface area contributed by atoms with Gasteiger partial charge in [0.15, 0.2) is 6.10 Å². The van der Waals surface area contributed by atoms with Gasteiger partial charge in [0.2, 0.25) is 10.0 Å². The maximum atomic E-state index is 12.9. The SMILES string of the molecule is CCS(=O)(=O)N1C[C@@H](C(=O)N2CCC(C(=O)OC)CC2)Oc2ccccc21. The number of esters is 1. The average Bonchev–Trinajstić information content (AvgIpc) is 2.71. The first kappa shape index (κ1) is 19.5. The lowest BCUT2D eigenvalue weighted by molar-refractivity contribution is -0.150. The minimum absolute atomic E-state index is 0.0526. The standard InChI is InChI=1S/C18H24N2O6S/c1-3-27(23,24)20-12-16(26-15-7-5-4-6-14(15)20)17(21)19-10-8-13(9-11-19)18(22)25-2/h4-7,13,16H,3,8-12H2,1-2H3/t16-/m0/s1. The van der Waals surface area contributed by atoms with Crippen LogP contribution in [-0.2, 0) is 24.3 Å². The second-order valence-electron chi connectivity index (χ2n) is 6.63. The van der Waals surface area contributed by atoms with Crippen molar-refractivity contribution in [3.8, 4) is 5.75 Å². The summed E-state index contributed by atoms with van der Waals surface area (Å²) in [7, 11) is -2.18. The number of benzene rings is 1. The van der Waals surface area contributed by atoms with Crippen molar-refractivity contribution in [2.75, 3.05) is 36.8 Å². The van der Waals surface area contributed by atoms with Crippen LogP contribution in [0.25, 0.3) is 0 Å². The van der Waals surface area contributed by atoms with Gasteiger partial charge in [-0.3, -0.25) is 13.9 Å². The monoisotopic (exact) mass is 396 g/mol.